The molecule has 1 fully saturated rings. The van der Waals surface area contributed by atoms with Crippen molar-refractivity contribution in [3.05, 3.63) is 35.4 Å². The van der Waals surface area contributed by atoms with Crippen molar-refractivity contribution in [2.45, 2.75) is 25.0 Å². The topological polar surface area (TPSA) is 78.4 Å². The summed E-state index contributed by atoms with van der Waals surface area (Å²) < 4.78 is 26.2. The molecule has 2 unspecified atom stereocenters. The first-order valence-corrected chi connectivity index (χ1v) is 6.17. The lowest BCUT2D eigenvalue weighted by atomic mass is 10.0. The van der Waals surface area contributed by atoms with Gasteiger partial charge in [-0.1, -0.05) is 6.07 Å². The highest BCUT2D eigenvalue weighted by molar-refractivity contribution is 6.00. The molecule has 20 heavy (non-hydrogen) atoms. The second-order valence-corrected chi connectivity index (χ2v) is 4.59. The van der Waals surface area contributed by atoms with Gasteiger partial charge in [0.05, 0.1) is 12.1 Å². The Hall–Kier alpha value is -1.86. The molecule has 1 aromatic carbocycles. The quantitative estimate of drug-likeness (QED) is 0.699. The highest BCUT2D eigenvalue weighted by atomic mass is 19.1. The summed E-state index contributed by atoms with van der Waals surface area (Å²) in [4.78, 5) is 22.4. The van der Waals surface area contributed by atoms with Gasteiger partial charge in [-0.05, 0) is 12.5 Å². The number of aliphatic hydroxyl groups excluding tert-OH is 1. The Balaban J connectivity index is 1.93. The van der Waals surface area contributed by atoms with Crippen LogP contribution in [0.25, 0.3) is 0 Å². The first-order valence-electron chi connectivity index (χ1n) is 6.17. The Bertz CT molecular complexity index is 536. The van der Waals surface area contributed by atoms with Gasteiger partial charge >= 0.3 is 0 Å². The van der Waals surface area contributed by atoms with Crippen molar-refractivity contribution in [1.82, 2.24) is 10.6 Å². The summed E-state index contributed by atoms with van der Waals surface area (Å²) in [5.41, 5.74) is -0.0498. The Morgan fingerprint density at radius 1 is 1.40 bits per heavy atom. The molecule has 1 aromatic rings. The molecule has 1 aliphatic heterocycles. The molecule has 1 heterocycles. The maximum absolute atomic E-state index is 13.4. The van der Waals surface area contributed by atoms with Gasteiger partial charge in [0.2, 0.25) is 11.8 Å². The van der Waals surface area contributed by atoms with Crippen LogP contribution < -0.4 is 10.6 Å². The molecule has 1 aliphatic rings. The molecule has 7 heteroatoms. The predicted octanol–water partition coefficient (Wildman–Crippen LogP) is 0.393. The van der Waals surface area contributed by atoms with Crippen molar-refractivity contribution in [3.63, 3.8) is 0 Å². The number of imide groups is 1. The molecule has 2 amide bonds. The highest BCUT2D eigenvalue weighted by Gasteiger charge is 2.27. The summed E-state index contributed by atoms with van der Waals surface area (Å²) in [7, 11) is 0. The lowest BCUT2D eigenvalue weighted by molar-refractivity contribution is -0.134. The number of piperidine rings is 1. The number of aliphatic hydroxyl groups is 1. The normalized spacial score (nSPS) is 20.6. The number of rotatable bonds is 4. The zero-order valence-corrected chi connectivity index (χ0v) is 10.5. The minimum absolute atomic E-state index is 0.0498. The molecule has 108 valence electrons. The fourth-order valence-electron chi connectivity index (χ4n) is 2.02. The van der Waals surface area contributed by atoms with E-state index in [2.05, 4.69) is 10.6 Å². The van der Waals surface area contributed by atoms with Crippen LogP contribution in [-0.4, -0.2) is 29.5 Å². The van der Waals surface area contributed by atoms with Crippen LogP contribution in [0.5, 0.6) is 0 Å². The third-order valence-electron chi connectivity index (χ3n) is 3.12. The number of amides is 2. The average molecular weight is 284 g/mol. The number of hydrogen-bond donors (Lipinski definition) is 3. The van der Waals surface area contributed by atoms with E-state index in [0.29, 0.717) is 12.5 Å². The summed E-state index contributed by atoms with van der Waals surface area (Å²) >= 11 is 0. The second kappa shape index (κ2) is 6.06. The number of nitrogens with one attached hydrogen (secondary N) is 2. The lowest BCUT2D eigenvalue weighted by Crippen LogP contribution is -2.51. The van der Waals surface area contributed by atoms with E-state index in [1.807, 2.05) is 0 Å². The first kappa shape index (κ1) is 14.5. The van der Waals surface area contributed by atoms with Crippen LogP contribution >= 0.6 is 0 Å². The van der Waals surface area contributed by atoms with Crippen LogP contribution in [0.3, 0.4) is 0 Å². The molecule has 2 rings (SSSR count). The predicted molar refractivity (Wildman–Crippen MR) is 65.5 cm³/mol. The molecule has 5 nitrogen and oxygen atoms in total. The molecule has 2 atom stereocenters. The molecule has 0 radical (unpaired) electrons. The minimum Gasteiger partial charge on any atom is -0.387 e. The number of carbonyl (C=O) groups is 2. The Morgan fingerprint density at radius 2 is 2.15 bits per heavy atom. The number of carbonyl (C=O) groups excluding carboxylic acids is 2. The van der Waals surface area contributed by atoms with E-state index in [0.717, 1.165) is 12.1 Å². The van der Waals surface area contributed by atoms with Gasteiger partial charge < -0.3 is 10.4 Å². The molecular weight excluding hydrogens is 270 g/mol. The molecule has 0 aromatic heterocycles. The van der Waals surface area contributed by atoms with E-state index < -0.39 is 29.7 Å². The number of halogens is 2. The summed E-state index contributed by atoms with van der Waals surface area (Å²) in [6.45, 7) is -0.0746. The van der Waals surface area contributed by atoms with E-state index in [9.17, 15) is 23.5 Å². The van der Waals surface area contributed by atoms with E-state index >= 15 is 0 Å². The van der Waals surface area contributed by atoms with Crippen LogP contribution in [0.15, 0.2) is 18.2 Å². The Kier molecular flexibility index (Phi) is 4.41. The molecule has 1 saturated heterocycles. The Labute approximate surface area is 114 Å². The third kappa shape index (κ3) is 3.37. The van der Waals surface area contributed by atoms with Crippen LogP contribution in [0, 0.1) is 11.6 Å². The first-order chi connectivity index (χ1) is 9.47. The molecule has 3 N–H and O–H groups in total. The summed E-state index contributed by atoms with van der Waals surface area (Å²) in [6.07, 6.45) is -0.672. The van der Waals surface area contributed by atoms with Gasteiger partial charge in [-0.25, -0.2) is 8.78 Å². The third-order valence-corrected chi connectivity index (χ3v) is 3.12. The van der Waals surface area contributed by atoms with Gasteiger partial charge in [0.15, 0.2) is 0 Å². The highest BCUT2D eigenvalue weighted by Crippen LogP contribution is 2.18. The van der Waals surface area contributed by atoms with Gasteiger partial charge in [-0.15, -0.1) is 0 Å². The molecule has 0 aliphatic carbocycles. The molecular formula is C13H14F2N2O3. The smallest absolute Gasteiger partial charge is 0.243 e. The minimum atomic E-state index is -1.21. The summed E-state index contributed by atoms with van der Waals surface area (Å²) in [6, 6.07) is 2.28. The van der Waals surface area contributed by atoms with Gasteiger partial charge in [-0.2, -0.15) is 0 Å². The number of benzene rings is 1. The van der Waals surface area contributed by atoms with Gasteiger partial charge in [0, 0.05) is 24.6 Å². The second-order valence-electron chi connectivity index (χ2n) is 4.59. The maximum atomic E-state index is 13.4. The fraction of sp³-hybridized carbons (Fsp3) is 0.385. The van der Waals surface area contributed by atoms with Crippen LogP contribution in [0.4, 0.5) is 8.78 Å². The van der Waals surface area contributed by atoms with Crippen molar-refractivity contribution < 1.29 is 23.5 Å². The Morgan fingerprint density at radius 3 is 2.80 bits per heavy atom. The lowest BCUT2D eigenvalue weighted by Gasteiger charge is -2.23. The van der Waals surface area contributed by atoms with E-state index in [1.165, 1.54) is 0 Å². The summed E-state index contributed by atoms with van der Waals surface area (Å²) in [5.74, 6) is -2.37. The summed E-state index contributed by atoms with van der Waals surface area (Å²) in [5, 5.41) is 14.8. The average Bonchev–Trinajstić information content (AvgIpc) is 2.37. The van der Waals surface area contributed by atoms with Crippen LogP contribution in [0.1, 0.15) is 24.5 Å². The zero-order chi connectivity index (χ0) is 14.7. The van der Waals surface area contributed by atoms with Crippen LogP contribution in [-0.2, 0) is 9.59 Å². The van der Waals surface area contributed by atoms with Crippen molar-refractivity contribution in [3.8, 4) is 0 Å². The zero-order valence-electron chi connectivity index (χ0n) is 10.5. The number of hydrogen-bond acceptors (Lipinski definition) is 4. The standard InChI is InChI=1S/C13H14F2N2O3/c14-7-1-2-8(9(15)5-7)11(18)6-16-10-3-4-12(19)17-13(10)20/h1-2,5,10-11,16,18H,3-4,6H2,(H,17,19,20). The van der Waals surface area contributed by atoms with E-state index in [4.69, 9.17) is 0 Å². The maximum Gasteiger partial charge on any atom is 0.243 e. The van der Waals surface area contributed by atoms with Gasteiger partial charge in [0.1, 0.15) is 11.6 Å². The van der Waals surface area contributed by atoms with Crippen molar-refractivity contribution in [2.24, 2.45) is 0 Å². The van der Waals surface area contributed by atoms with Crippen molar-refractivity contribution in [1.29, 1.82) is 0 Å². The SMILES string of the molecule is O=C1CCC(NCC(O)c2ccc(F)cc2F)C(=O)N1. The molecule has 0 bridgehead atoms. The largest absolute Gasteiger partial charge is 0.387 e. The van der Waals surface area contributed by atoms with Gasteiger partial charge in [-0.3, -0.25) is 14.9 Å². The fourth-order valence-corrected chi connectivity index (χ4v) is 2.02. The molecule has 0 saturated carbocycles. The van der Waals surface area contributed by atoms with E-state index in [1.54, 1.807) is 0 Å². The van der Waals surface area contributed by atoms with Crippen LogP contribution in [0.2, 0.25) is 0 Å². The van der Waals surface area contributed by atoms with E-state index in [-0.39, 0.29) is 24.4 Å². The van der Waals surface area contributed by atoms with Crippen molar-refractivity contribution in [2.75, 3.05) is 6.54 Å². The van der Waals surface area contributed by atoms with Crippen molar-refractivity contribution >= 4 is 11.8 Å². The monoisotopic (exact) mass is 284 g/mol. The van der Waals surface area contributed by atoms with Gasteiger partial charge in [0.25, 0.3) is 0 Å². The molecule has 0 spiro atoms.